The maximum Gasteiger partial charge on any atom is 0.192 e. The fraction of sp³-hybridized carbons (Fsp3) is 0.200. The van der Waals surface area contributed by atoms with Gasteiger partial charge in [-0.15, -0.1) is 16.8 Å². The van der Waals surface area contributed by atoms with E-state index in [1.54, 1.807) is 18.9 Å². The van der Waals surface area contributed by atoms with Crippen LogP contribution >= 0.6 is 11.8 Å². The molecule has 1 aromatic heterocycles. The highest BCUT2D eigenvalue weighted by Gasteiger charge is 2.13. The van der Waals surface area contributed by atoms with Gasteiger partial charge in [0.25, 0.3) is 0 Å². The Morgan fingerprint density at radius 3 is 2.64 bits per heavy atom. The average Bonchev–Trinajstić information content (AvgIpc) is 3.03. The number of benzene rings is 2. The van der Waals surface area contributed by atoms with Crippen LogP contribution in [0.3, 0.4) is 0 Å². The monoisotopic (exact) mass is 351 g/mol. The molecule has 25 heavy (non-hydrogen) atoms. The van der Waals surface area contributed by atoms with Crippen molar-refractivity contribution in [2.75, 3.05) is 7.11 Å². The summed E-state index contributed by atoms with van der Waals surface area (Å²) in [5.41, 5.74) is 3.50. The number of hydrogen-bond donors (Lipinski definition) is 0. The minimum atomic E-state index is 0.682. The largest absolute Gasteiger partial charge is 0.497 e. The second-order valence-corrected chi connectivity index (χ2v) is 6.65. The maximum atomic E-state index is 5.20. The smallest absolute Gasteiger partial charge is 0.192 e. The van der Waals surface area contributed by atoms with Crippen LogP contribution in [0.15, 0.2) is 66.3 Å². The van der Waals surface area contributed by atoms with E-state index in [-0.39, 0.29) is 0 Å². The van der Waals surface area contributed by atoms with Gasteiger partial charge in [-0.2, -0.15) is 0 Å². The number of aryl methyl sites for hydroxylation is 1. The van der Waals surface area contributed by atoms with Gasteiger partial charge in [0.1, 0.15) is 5.75 Å². The first-order valence-electron chi connectivity index (χ1n) is 8.08. The van der Waals surface area contributed by atoms with Gasteiger partial charge in [-0.1, -0.05) is 53.7 Å². The molecule has 0 aliphatic heterocycles. The molecule has 1 heterocycles. The Labute approximate surface area is 152 Å². The molecule has 2 aromatic carbocycles. The summed E-state index contributed by atoms with van der Waals surface area (Å²) in [6, 6.07) is 16.4. The van der Waals surface area contributed by atoms with Crippen LogP contribution < -0.4 is 4.74 Å². The molecule has 0 saturated carbocycles. The second-order valence-electron chi connectivity index (χ2n) is 5.71. The van der Waals surface area contributed by atoms with E-state index in [1.165, 1.54) is 11.1 Å². The lowest BCUT2D eigenvalue weighted by Crippen LogP contribution is -2.00. The molecule has 4 nitrogen and oxygen atoms in total. The molecule has 128 valence electrons. The summed E-state index contributed by atoms with van der Waals surface area (Å²) >= 11 is 1.67. The molecular formula is C20H21N3OS. The lowest BCUT2D eigenvalue weighted by atomic mass is 10.1. The molecule has 0 amide bonds. The normalized spacial score (nSPS) is 10.6. The molecule has 0 saturated heterocycles. The fourth-order valence-electron chi connectivity index (χ4n) is 2.56. The van der Waals surface area contributed by atoms with Gasteiger partial charge in [0.2, 0.25) is 0 Å². The first-order valence-corrected chi connectivity index (χ1v) is 9.06. The molecule has 0 aliphatic carbocycles. The molecule has 0 aliphatic rings. The number of methoxy groups -OCH3 is 1. The molecule has 3 rings (SSSR count). The Balaban J connectivity index is 1.82. The van der Waals surface area contributed by atoms with Crippen molar-refractivity contribution in [1.82, 2.24) is 14.8 Å². The van der Waals surface area contributed by atoms with Crippen LogP contribution in [0, 0.1) is 6.92 Å². The van der Waals surface area contributed by atoms with Crippen molar-refractivity contribution in [2.24, 2.45) is 0 Å². The molecule has 0 bridgehead atoms. The summed E-state index contributed by atoms with van der Waals surface area (Å²) in [6.45, 7) is 6.63. The Bertz CT molecular complexity index is 856. The van der Waals surface area contributed by atoms with Crippen LogP contribution in [0.5, 0.6) is 5.75 Å². The van der Waals surface area contributed by atoms with Crippen molar-refractivity contribution in [1.29, 1.82) is 0 Å². The van der Waals surface area contributed by atoms with Crippen molar-refractivity contribution in [3.05, 3.63) is 72.3 Å². The molecule has 3 aromatic rings. The Morgan fingerprint density at radius 1 is 1.16 bits per heavy atom. The predicted octanol–water partition coefficient (Wildman–Crippen LogP) is 4.74. The number of aromatic nitrogens is 3. The van der Waals surface area contributed by atoms with Crippen LogP contribution in [0.25, 0.3) is 11.4 Å². The van der Waals surface area contributed by atoms with E-state index in [4.69, 9.17) is 4.74 Å². The third-order valence-corrected chi connectivity index (χ3v) is 4.87. The zero-order valence-electron chi connectivity index (χ0n) is 14.5. The number of allylic oxidation sites excluding steroid dienone is 1. The van der Waals surface area contributed by atoms with E-state index in [9.17, 15) is 0 Å². The number of hydrogen-bond acceptors (Lipinski definition) is 4. The minimum absolute atomic E-state index is 0.682. The zero-order valence-corrected chi connectivity index (χ0v) is 15.3. The summed E-state index contributed by atoms with van der Waals surface area (Å²) in [6.07, 6.45) is 1.88. The number of nitrogens with zero attached hydrogens (tertiary/aromatic N) is 3. The number of ether oxygens (including phenoxy) is 1. The van der Waals surface area contributed by atoms with Crippen LogP contribution in [0.1, 0.15) is 11.1 Å². The third-order valence-electron chi connectivity index (χ3n) is 3.83. The molecule has 0 atom stereocenters. The van der Waals surface area contributed by atoms with Crippen molar-refractivity contribution in [2.45, 2.75) is 24.4 Å². The van der Waals surface area contributed by atoms with E-state index < -0.39 is 0 Å². The van der Waals surface area contributed by atoms with Gasteiger partial charge in [-0.25, -0.2) is 0 Å². The SMILES string of the molecule is C=CCn1c(SCc2ccc(OC)cc2)nnc1-c1cccc(C)c1. The quantitative estimate of drug-likeness (QED) is 0.455. The van der Waals surface area contributed by atoms with Crippen molar-refractivity contribution in [3.8, 4) is 17.1 Å². The average molecular weight is 351 g/mol. The summed E-state index contributed by atoms with van der Waals surface area (Å²) in [5, 5.41) is 9.70. The van der Waals surface area contributed by atoms with Gasteiger partial charge in [-0.05, 0) is 30.7 Å². The van der Waals surface area contributed by atoms with Crippen molar-refractivity contribution in [3.63, 3.8) is 0 Å². The van der Waals surface area contributed by atoms with Gasteiger partial charge in [0.15, 0.2) is 11.0 Å². The van der Waals surface area contributed by atoms with Crippen molar-refractivity contribution >= 4 is 11.8 Å². The number of thioether (sulfide) groups is 1. The second kappa shape index (κ2) is 8.03. The topological polar surface area (TPSA) is 39.9 Å². The highest BCUT2D eigenvalue weighted by Crippen LogP contribution is 2.27. The Morgan fingerprint density at radius 2 is 1.96 bits per heavy atom. The first-order chi connectivity index (χ1) is 12.2. The molecule has 5 heteroatoms. The summed E-state index contributed by atoms with van der Waals surface area (Å²) < 4.78 is 7.31. The lowest BCUT2D eigenvalue weighted by Gasteiger charge is -2.08. The highest BCUT2D eigenvalue weighted by atomic mass is 32.2. The van der Waals surface area contributed by atoms with Gasteiger partial charge >= 0.3 is 0 Å². The van der Waals surface area contributed by atoms with Gasteiger partial charge < -0.3 is 4.74 Å². The van der Waals surface area contributed by atoms with E-state index in [0.29, 0.717) is 6.54 Å². The summed E-state index contributed by atoms with van der Waals surface area (Å²) in [4.78, 5) is 0. The van der Waals surface area contributed by atoms with E-state index in [1.807, 2.05) is 24.3 Å². The van der Waals surface area contributed by atoms with Crippen LogP contribution in [-0.4, -0.2) is 21.9 Å². The van der Waals surface area contributed by atoms with Gasteiger partial charge in [0, 0.05) is 17.9 Å². The molecule has 0 unspecified atom stereocenters. The number of rotatable bonds is 7. The molecule has 0 spiro atoms. The molecule has 0 fully saturated rings. The lowest BCUT2D eigenvalue weighted by molar-refractivity contribution is 0.414. The van der Waals surface area contributed by atoms with Crippen LogP contribution in [-0.2, 0) is 12.3 Å². The summed E-state index contributed by atoms with van der Waals surface area (Å²) in [7, 11) is 1.67. The van der Waals surface area contributed by atoms with Crippen molar-refractivity contribution < 1.29 is 4.74 Å². The van der Waals surface area contributed by atoms with Crippen LogP contribution in [0.2, 0.25) is 0 Å². The maximum absolute atomic E-state index is 5.20. The predicted molar refractivity (Wildman–Crippen MR) is 103 cm³/mol. The Kier molecular flexibility index (Phi) is 5.56. The molecule has 0 N–H and O–H groups in total. The summed E-state index contributed by atoms with van der Waals surface area (Å²) in [5.74, 6) is 2.57. The van der Waals surface area contributed by atoms with E-state index in [0.717, 1.165) is 28.0 Å². The minimum Gasteiger partial charge on any atom is -0.497 e. The van der Waals surface area contributed by atoms with E-state index >= 15 is 0 Å². The van der Waals surface area contributed by atoms with E-state index in [2.05, 4.69) is 58.6 Å². The molecule has 0 radical (unpaired) electrons. The molecular weight excluding hydrogens is 330 g/mol. The van der Waals surface area contributed by atoms with Gasteiger partial charge in [-0.3, -0.25) is 4.57 Å². The first kappa shape index (κ1) is 17.3. The zero-order chi connectivity index (χ0) is 17.6. The fourth-order valence-corrected chi connectivity index (χ4v) is 3.46. The Hall–Kier alpha value is -2.53. The highest BCUT2D eigenvalue weighted by molar-refractivity contribution is 7.98. The standard InChI is InChI=1S/C20H21N3OS/c1-4-12-23-19(17-7-5-6-15(2)13-17)21-22-20(23)25-14-16-8-10-18(24-3)11-9-16/h4-11,13H,1,12,14H2,2-3H3. The van der Waals surface area contributed by atoms with Crippen LogP contribution in [0.4, 0.5) is 0 Å². The third kappa shape index (κ3) is 4.12. The van der Waals surface area contributed by atoms with Gasteiger partial charge in [0.05, 0.1) is 7.11 Å².